The lowest BCUT2D eigenvalue weighted by Crippen LogP contribution is -2.55. The van der Waals surface area contributed by atoms with Gasteiger partial charge in [0.15, 0.2) is 5.82 Å². The van der Waals surface area contributed by atoms with E-state index in [-0.39, 0.29) is 17.9 Å². The van der Waals surface area contributed by atoms with Gasteiger partial charge in [0, 0.05) is 32.7 Å². The van der Waals surface area contributed by atoms with E-state index in [0.717, 1.165) is 58.7 Å². The molecule has 134 valence electrons. The van der Waals surface area contributed by atoms with Crippen LogP contribution in [0, 0.1) is 6.92 Å². The summed E-state index contributed by atoms with van der Waals surface area (Å²) in [6, 6.07) is -0.0787. The molecule has 0 radical (unpaired) electrons. The second-order valence-corrected chi connectivity index (χ2v) is 6.95. The van der Waals surface area contributed by atoms with Crippen LogP contribution in [0.15, 0.2) is 4.52 Å². The van der Waals surface area contributed by atoms with Crippen molar-refractivity contribution in [2.75, 3.05) is 45.8 Å². The Bertz CT molecular complexity index is 553. The van der Waals surface area contributed by atoms with Crippen LogP contribution in [0.5, 0.6) is 0 Å². The average molecular weight is 335 g/mol. The van der Waals surface area contributed by atoms with E-state index in [1.54, 1.807) is 0 Å². The maximum absolute atomic E-state index is 12.9. The zero-order valence-corrected chi connectivity index (χ0v) is 15.1. The number of amides is 1. The standard InChI is InChI=1S/C17H29N5O2/c1-4-20-8-10-21(11-9-20)17(23)13(2)22-7-5-6-15(12-22)16-18-14(3)19-24-16/h13,15H,4-12H2,1-3H3/t13-,15+/m1/s1. The van der Waals surface area contributed by atoms with Crippen LogP contribution in [0.25, 0.3) is 0 Å². The summed E-state index contributed by atoms with van der Waals surface area (Å²) in [7, 11) is 0. The van der Waals surface area contributed by atoms with Crippen molar-refractivity contribution < 1.29 is 9.32 Å². The zero-order valence-electron chi connectivity index (χ0n) is 15.1. The molecule has 1 aromatic heterocycles. The maximum Gasteiger partial charge on any atom is 0.239 e. The summed E-state index contributed by atoms with van der Waals surface area (Å²) in [5, 5.41) is 3.90. The number of piperazine rings is 1. The van der Waals surface area contributed by atoms with Crippen LogP contribution in [0.1, 0.15) is 44.3 Å². The Hall–Kier alpha value is -1.47. The summed E-state index contributed by atoms with van der Waals surface area (Å²) in [6.07, 6.45) is 2.11. The van der Waals surface area contributed by atoms with Crippen molar-refractivity contribution >= 4 is 5.91 Å². The molecule has 2 saturated heterocycles. The monoisotopic (exact) mass is 335 g/mol. The van der Waals surface area contributed by atoms with Crippen LogP contribution in [0.2, 0.25) is 0 Å². The third kappa shape index (κ3) is 3.78. The molecule has 0 N–H and O–H groups in total. The average Bonchev–Trinajstić information content (AvgIpc) is 3.07. The van der Waals surface area contributed by atoms with Crippen LogP contribution in [-0.4, -0.2) is 82.6 Å². The van der Waals surface area contributed by atoms with Gasteiger partial charge in [0.1, 0.15) is 0 Å². The molecule has 0 saturated carbocycles. The number of hydrogen-bond donors (Lipinski definition) is 0. The van der Waals surface area contributed by atoms with Crippen LogP contribution in [0.4, 0.5) is 0 Å². The molecule has 1 aromatic rings. The topological polar surface area (TPSA) is 65.7 Å². The highest BCUT2D eigenvalue weighted by molar-refractivity contribution is 5.81. The Kier molecular flexibility index (Phi) is 5.50. The summed E-state index contributed by atoms with van der Waals surface area (Å²) in [4.78, 5) is 23.9. The van der Waals surface area contributed by atoms with Gasteiger partial charge in [-0.05, 0) is 39.8 Å². The first kappa shape index (κ1) is 17.4. The summed E-state index contributed by atoms with van der Waals surface area (Å²) in [5.74, 6) is 1.90. The molecule has 2 atom stereocenters. The normalized spacial score (nSPS) is 25.0. The SMILES string of the molecule is CCN1CCN(C(=O)[C@@H](C)N2CCC[C@H](c3nc(C)no3)C2)CC1. The van der Waals surface area contributed by atoms with Gasteiger partial charge in [0.25, 0.3) is 0 Å². The molecule has 24 heavy (non-hydrogen) atoms. The molecule has 0 bridgehead atoms. The zero-order chi connectivity index (χ0) is 17.1. The van der Waals surface area contributed by atoms with Crippen molar-refractivity contribution in [3.8, 4) is 0 Å². The van der Waals surface area contributed by atoms with Crippen molar-refractivity contribution in [1.82, 2.24) is 24.8 Å². The number of likely N-dealkylation sites (tertiary alicyclic amines) is 1. The molecule has 0 aliphatic carbocycles. The molecule has 0 aromatic carbocycles. The minimum atomic E-state index is -0.0787. The highest BCUT2D eigenvalue weighted by atomic mass is 16.5. The first-order chi connectivity index (χ1) is 11.6. The molecule has 3 heterocycles. The number of rotatable bonds is 4. The number of carbonyl (C=O) groups excluding carboxylic acids is 1. The smallest absolute Gasteiger partial charge is 0.239 e. The summed E-state index contributed by atoms with van der Waals surface area (Å²) >= 11 is 0. The van der Waals surface area contributed by atoms with Gasteiger partial charge in [-0.1, -0.05) is 12.1 Å². The Balaban J connectivity index is 1.57. The number of carbonyl (C=O) groups is 1. The van der Waals surface area contributed by atoms with Gasteiger partial charge in [0.05, 0.1) is 12.0 Å². The fraction of sp³-hybridized carbons (Fsp3) is 0.824. The highest BCUT2D eigenvalue weighted by Crippen LogP contribution is 2.27. The number of likely N-dealkylation sites (N-methyl/N-ethyl adjacent to an activating group) is 1. The van der Waals surface area contributed by atoms with E-state index >= 15 is 0 Å². The van der Waals surface area contributed by atoms with Crippen LogP contribution >= 0.6 is 0 Å². The van der Waals surface area contributed by atoms with E-state index in [9.17, 15) is 4.79 Å². The van der Waals surface area contributed by atoms with E-state index in [0.29, 0.717) is 11.7 Å². The van der Waals surface area contributed by atoms with Crippen LogP contribution < -0.4 is 0 Å². The predicted molar refractivity (Wildman–Crippen MR) is 90.7 cm³/mol. The van der Waals surface area contributed by atoms with Crippen molar-refractivity contribution in [1.29, 1.82) is 0 Å². The summed E-state index contributed by atoms with van der Waals surface area (Å²) < 4.78 is 5.34. The lowest BCUT2D eigenvalue weighted by atomic mass is 9.96. The Morgan fingerprint density at radius 3 is 2.67 bits per heavy atom. The van der Waals surface area contributed by atoms with Gasteiger partial charge < -0.3 is 14.3 Å². The van der Waals surface area contributed by atoms with Crippen molar-refractivity contribution in [3.05, 3.63) is 11.7 Å². The highest BCUT2D eigenvalue weighted by Gasteiger charge is 2.33. The molecule has 0 spiro atoms. The van der Waals surface area contributed by atoms with E-state index in [4.69, 9.17) is 4.52 Å². The van der Waals surface area contributed by atoms with Gasteiger partial charge in [-0.3, -0.25) is 9.69 Å². The second-order valence-electron chi connectivity index (χ2n) is 6.95. The quantitative estimate of drug-likeness (QED) is 0.821. The van der Waals surface area contributed by atoms with E-state index in [2.05, 4.69) is 26.9 Å². The van der Waals surface area contributed by atoms with E-state index in [1.165, 1.54) is 0 Å². The largest absolute Gasteiger partial charge is 0.339 e. The Morgan fingerprint density at radius 2 is 2.04 bits per heavy atom. The predicted octanol–water partition coefficient (Wildman–Crippen LogP) is 1.11. The van der Waals surface area contributed by atoms with Gasteiger partial charge in [-0.2, -0.15) is 4.98 Å². The van der Waals surface area contributed by atoms with Gasteiger partial charge >= 0.3 is 0 Å². The first-order valence-corrected chi connectivity index (χ1v) is 9.14. The van der Waals surface area contributed by atoms with Crippen molar-refractivity contribution in [3.63, 3.8) is 0 Å². The molecule has 7 heteroatoms. The second kappa shape index (κ2) is 7.61. The molecule has 2 aliphatic rings. The number of nitrogens with zero attached hydrogens (tertiary/aromatic N) is 5. The molecule has 0 unspecified atom stereocenters. The minimum Gasteiger partial charge on any atom is -0.339 e. The Labute approximate surface area is 144 Å². The number of aryl methyl sites for hydroxylation is 1. The molecule has 2 aliphatic heterocycles. The molecule has 1 amide bonds. The van der Waals surface area contributed by atoms with Crippen LogP contribution in [0.3, 0.4) is 0 Å². The molecular weight excluding hydrogens is 306 g/mol. The van der Waals surface area contributed by atoms with Crippen molar-refractivity contribution in [2.45, 2.75) is 45.6 Å². The molecule has 7 nitrogen and oxygen atoms in total. The van der Waals surface area contributed by atoms with Crippen LogP contribution in [-0.2, 0) is 4.79 Å². The number of aromatic nitrogens is 2. The summed E-state index contributed by atoms with van der Waals surface area (Å²) in [5.41, 5.74) is 0. The summed E-state index contributed by atoms with van der Waals surface area (Å²) in [6.45, 7) is 12.6. The Morgan fingerprint density at radius 1 is 1.29 bits per heavy atom. The van der Waals surface area contributed by atoms with Gasteiger partial charge in [-0.15, -0.1) is 0 Å². The van der Waals surface area contributed by atoms with Gasteiger partial charge in [-0.25, -0.2) is 0 Å². The lowest BCUT2D eigenvalue weighted by Gasteiger charge is -2.39. The molecular formula is C17H29N5O2. The number of piperidine rings is 1. The third-order valence-corrected chi connectivity index (χ3v) is 5.38. The minimum absolute atomic E-state index is 0.0787. The fourth-order valence-electron chi connectivity index (χ4n) is 3.74. The van der Waals surface area contributed by atoms with E-state index < -0.39 is 0 Å². The molecule has 2 fully saturated rings. The maximum atomic E-state index is 12.9. The third-order valence-electron chi connectivity index (χ3n) is 5.38. The van der Waals surface area contributed by atoms with Gasteiger partial charge in [0.2, 0.25) is 11.8 Å². The fourth-order valence-corrected chi connectivity index (χ4v) is 3.74. The number of hydrogen-bond acceptors (Lipinski definition) is 6. The van der Waals surface area contributed by atoms with Crippen molar-refractivity contribution in [2.24, 2.45) is 0 Å². The first-order valence-electron chi connectivity index (χ1n) is 9.14. The molecule has 3 rings (SSSR count). The van der Waals surface area contributed by atoms with E-state index in [1.807, 2.05) is 18.7 Å². The lowest BCUT2D eigenvalue weighted by molar-refractivity contribution is -0.138.